The fraction of sp³-hybridized carbons (Fsp3) is 0.364. The van der Waals surface area contributed by atoms with Crippen LogP contribution in [0.3, 0.4) is 0 Å². The topological polar surface area (TPSA) is 38.3 Å². The molecule has 1 amide bonds. The lowest BCUT2D eigenvalue weighted by Crippen LogP contribution is -2.28. The number of hydrogen-bond acceptors (Lipinski definition) is 2. The fourth-order valence-corrected chi connectivity index (χ4v) is 1.22. The number of rotatable bonds is 4. The molecule has 1 atom stereocenters. The molecule has 0 aliphatic rings. The average molecular weight is 246 g/mol. The van der Waals surface area contributed by atoms with Crippen LogP contribution in [0.4, 0.5) is 4.39 Å². The van der Waals surface area contributed by atoms with E-state index in [-0.39, 0.29) is 22.6 Å². The van der Waals surface area contributed by atoms with Crippen molar-refractivity contribution in [3.63, 3.8) is 0 Å². The summed E-state index contributed by atoms with van der Waals surface area (Å²) >= 11 is 5.68. The van der Waals surface area contributed by atoms with E-state index < -0.39 is 5.82 Å². The number of hydrogen-bond donors (Lipinski definition) is 1. The third-order valence-corrected chi connectivity index (χ3v) is 2.11. The number of carbonyl (C=O) groups is 1. The number of carbonyl (C=O) groups excluding carboxylic acids is 1. The maximum absolute atomic E-state index is 13.3. The number of halogens is 2. The van der Waals surface area contributed by atoms with Crippen LogP contribution in [0.15, 0.2) is 18.2 Å². The molecule has 1 aromatic carbocycles. The molecule has 0 saturated carbocycles. The highest BCUT2D eigenvalue weighted by atomic mass is 35.5. The molecular weight excluding hydrogens is 233 g/mol. The lowest BCUT2D eigenvalue weighted by atomic mass is 10.2. The minimum Gasteiger partial charge on any atom is -0.494 e. The van der Waals surface area contributed by atoms with Crippen LogP contribution >= 0.6 is 11.6 Å². The Morgan fingerprint density at radius 1 is 1.62 bits per heavy atom. The van der Waals surface area contributed by atoms with Gasteiger partial charge in [0.25, 0.3) is 5.91 Å². The van der Waals surface area contributed by atoms with Crippen molar-refractivity contribution in [1.82, 2.24) is 5.32 Å². The highest BCUT2D eigenvalue weighted by Gasteiger charge is 2.10. The summed E-state index contributed by atoms with van der Waals surface area (Å²) in [5.74, 6) is -0.801. The minimum atomic E-state index is -0.561. The van der Waals surface area contributed by atoms with Crippen LogP contribution in [0.1, 0.15) is 17.3 Å². The van der Waals surface area contributed by atoms with E-state index in [0.717, 1.165) is 6.07 Å². The van der Waals surface area contributed by atoms with Gasteiger partial charge in [-0.1, -0.05) is 0 Å². The van der Waals surface area contributed by atoms with Crippen LogP contribution < -0.4 is 10.1 Å². The van der Waals surface area contributed by atoms with Gasteiger partial charge in [0, 0.05) is 17.5 Å². The Morgan fingerprint density at radius 2 is 2.31 bits per heavy atom. The van der Waals surface area contributed by atoms with Crippen LogP contribution in [-0.4, -0.2) is 24.9 Å². The molecule has 1 unspecified atom stereocenters. The normalized spacial score (nSPS) is 12.0. The Kier molecular flexibility index (Phi) is 4.55. The molecule has 0 aliphatic carbocycles. The number of amides is 1. The first kappa shape index (κ1) is 12.8. The molecule has 5 heteroatoms. The lowest BCUT2D eigenvalue weighted by molar-refractivity contribution is 0.0953. The van der Waals surface area contributed by atoms with Crippen molar-refractivity contribution < 1.29 is 13.9 Å². The maximum Gasteiger partial charge on any atom is 0.251 e. The zero-order valence-electron chi connectivity index (χ0n) is 9.09. The van der Waals surface area contributed by atoms with Crippen LogP contribution in [0.25, 0.3) is 0 Å². The Hall–Kier alpha value is -1.29. The van der Waals surface area contributed by atoms with Gasteiger partial charge in [-0.3, -0.25) is 4.79 Å². The number of nitrogens with one attached hydrogen (secondary N) is 1. The van der Waals surface area contributed by atoms with E-state index in [1.54, 1.807) is 6.92 Å². The van der Waals surface area contributed by atoms with E-state index in [2.05, 4.69) is 5.32 Å². The Morgan fingerprint density at radius 3 is 2.81 bits per heavy atom. The Bertz CT molecular complexity index is 382. The van der Waals surface area contributed by atoms with Crippen LogP contribution in [0, 0.1) is 5.82 Å². The molecule has 3 nitrogen and oxygen atoms in total. The van der Waals surface area contributed by atoms with Gasteiger partial charge in [-0.2, -0.15) is 0 Å². The Balaban J connectivity index is 2.73. The number of methoxy groups -OCH3 is 1. The van der Waals surface area contributed by atoms with Gasteiger partial charge in [-0.25, -0.2) is 4.39 Å². The predicted molar refractivity (Wildman–Crippen MR) is 60.6 cm³/mol. The van der Waals surface area contributed by atoms with Gasteiger partial charge in [0.15, 0.2) is 11.6 Å². The number of ether oxygens (including phenoxy) is 1. The smallest absolute Gasteiger partial charge is 0.251 e. The molecule has 0 aliphatic heterocycles. The van der Waals surface area contributed by atoms with Gasteiger partial charge >= 0.3 is 0 Å². The first-order valence-corrected chi connectivity index (χ1v) is 5.24. The third kappa shape index (κ3) is 3.38. The third-order valence-electron chi connectivity index (χ3n) is 1.96. The van der Waals surface area contributed by atoms with Crippen molar-refractivity contribution in [3.05, 3.63) is 29.6 Å². The van der Waals surface area contributed by atoms with Gasteiger partial charge in [0.1, 0.15) is 0 Å². The summed E-state index contributed by atoms with van der Waals surface area (Å²) in [5, 5.41) is 2.42. The van der Waals surface area contributed by atoms with E-state index in [9.17, 15) is 9.18 Å². The van der Waals surface area contributed by atoms with Gasteiger partial charge in [-0.15, -0.1) is 11.6 Å². The van der Waals surface area contributed by atoms with E-state index in [0.29, 0.717) is 6.54 Å². The number of alkyl halides is 1. The zero-order chi connectivity index (χ0) is 12.1. The molecule has 16 heavy (non-hydrogen) atoms. The van der Waals surface area contributed by atoms with Crippen molar-refractivity contribution in [2.75, 3.05) is 13.7 Å². The molecule has 88 valence electrons. The predicted octanol–water partition coefficient (Wildman–Crippen LogP) is 2.19. The molecular formula is C11H13ClFNO2. The second kappa shape index (κ2) is 5.70. The minimum absolute atomic E-state index is 0.113. The fourth-order valence-electron chi connectivity index (χ4n) is 1.14. The second-order valence-corrected chi connectivity index (χ2v) is 4.09. The van der Waals surface area contributed by atoms with Crippen molar-refractivity contribution in [2.24, 2.45) is 0 Å². The molecule has 1 N–H and O–H groups in total. The van der Waals surface area contributed by atoms with Crippen LogP contribution in [0.2, 0.25) is 0 Å². The summed E-state index contributed by atoms with van der Waals surface area (Å²) in [7, 11) is 1.37. The van der Waals surface area contributed by atoms with E-state index in [1.807, 2.05) is 0 Å². The van der Waals surface area contributed by atoms with Gasteiger partial charge in [0.05, 0.1) is 7.11 Å². The standard InChI is InChI=1S/C11H13ClFNO2/c1-7(12)6-14-11(15)8-3-4-10(16-2)9(13)5-8/h3-5,7H,6H2,1-2H3,(H,14,15). The van der Waals surface area contributed by atoms with Gasteiger partial charge < -0.3 is 10.1 Å². The summed E-state index contributed by atoms with van der Waals surface area (Å²) in [6.07, 6.45) is 0. The molecule has 0 spiro atoms. The van der Waals surface area contributed by atoms with Gasteiger partial charge in [0.2, 0.25) is 0 Å². The largest absolute Gasteiger partial charge is 0.494 e. The van der Waals surface area contributed by atoms with E-state index in [4.69, 9.17) is 16.3 Å². The van der Waals surface area contributed by atoms with Crippen molar-refractivity contribution in [3.8, 4) is 5.75 Å². The van der Waals surface area contributed by atoms with Crippen LogP contribution in [-0.2, 0) is 0 Å². The zero-order valence-corrected chi connectivity index (χ0v) is 9.84. The molecule has 0 radical (unpaired) electrons. The highest BCUT2D eigenvalue weighted by molar-refractivity contribution is 6.20. The highest BCUT2D eigenvalue weighted by Crippen LogP contribution is 2.17. The summed E-state index contributed by atoms with van der Waals surface area (Å²) in [4.78, 5) is 11.5. The number of benzene rings is 1. The first-order chi connectivity index (χ1) is 7.54. The van der Waals surface area contributed by atoms with E-state index >= 15 is 0 Å². The second-order valence-electron chi connectivity index (χ2n) is 3.34. The molecule has 1 rings (SSSR count). The molecule has 0 aromatic heterocycles. The Labute approximate surface area is 98.5 Å². The summed E-state index contributed by atoms with van der Waals surface area (Å²) < 4.78 is 18.0. The van der Waals surface area contributed by atoms with Crippen molar-refractivity contribution in [2.45, 2.75) is 12.3 Å². The summed E-state index contributed by atoms with van der Waals surface area (Å²) in [6, 6.07) is 4.04. The monoisotopic (exact) mass is 245 g/mol. The van der Waals surface area contributed by atoms with Crippen molar-refractivity contribution >= 4 is 17.5 Å². The summed E-state index contributed by atoms with van der Waals surface area (Å²) in [6.45, 7) is 2.10. The quantitative estimate of drug-likeness (QED) is 0.826. The average Bonchev–Trinajstić information content (AvgIpc) is 2.25. The molecule has 0 heterocycles. The molecule has 0 bridgehead atoms. The lowest BCUT2D eigenvalue weighted by Gasteiger charge is -2.07. The van der Waals surface area contributed by atoms with E-state index in [1.165, 1.54) is 19.2 Å². The van der Waals surface area contributed by atoms with Gasteiger partial charge in [-0.05, 0) is 25.1 Å². The molecule has 0 saturated heterocycles. The molecule has 0 fully saturated rings. The SMILES string of the molecule is COc1ccc(C(=O)NCC(C)Cl)cc1F. The first-order valence-electron chi connectivity index (χ1n) is 4.80. The van der Waals surface area contributed by atoms with Crippen molar-refractivity contribution in [1.29, 1.82) is 0 Å². The maximum atomic E-state index is 13.3. The summed E-state index contributed by atoms with van der Waals surface area (Å²) in [5.41, 5.74) is 0.246. The van der Waals surface area contributed by atoms with Crippen LogP contribution in [0.5, 0.6) is 5.75 Å². The molecule has 1 aromatic rings.